The molecule has 0 fully saturated rings. The van der Waals surface area contributed by atoms with Crippen LogP contribution in [0.4, 0.5) is 0 Å². The molecule has 0 aliphatic rings. The van der Waals surface area contributed by atoms with Crippen LogP contribution in [0.25, 0.3) is 11.1 Å². The summed E-state index contributed by atoms with van der Waals surface area (Å²) in [6.07, 6.45) is 5.33. The van der Waals surface area contributed by atoms with Crippen molar-refractivity contribution < 1.29 is 18.0 Å². The Labute approximate surface area is 290 Å². The third-order valence-corrected chi connectivity index (χ3v) is 10.4. The van der Waals surface area contributed by atoms with Gasteiger partial charge < -0.3 is 5.32 Å². The van der Waals surface area contributed by atoms with Crippen molar-refractivity contribution in [2.75, 3.05) is 25.1 Å². The second kappa shape index (κ2) is 18.0. The van der Waals surface area contributed by atoms with E-state index < -0.39 is 27.9 Å². The first-order valence-electron chi connectivity index (χ1n) is 16.5. The molecule has 4 aromatic carbocycles. The van der Waals surface area contributed by atoms with Gasteiger partial charge in [0.2, 0.25) is 0 Å². The Balaban J connectivity index is 1.60. The van der Waals surface area contributed by atoms with Gasteiger partial charge in [-0.25, -0.2) is 13.1 Å². The maximum absolute atomic E-state index is 14.0. The summed E-state index contributed by atoms with van der Waals surface area (Å²) in [4.78, 5) is 29.8. The lowest BCUT2D eigenvalue weighted by molar-refractivity contribution is -0.121. The monoisotopic (exact) mass is 685 g/mol. The van der Waals surface area contributed by atoms with E-state index in [0.29, 0.717) is 11.3 Å². The Hall–Kier alpha value is -3.92. The molecule has 0 aromatic heterocycles. The summed E-state index contributed by atoms with van der Waals surface area (Å²) in [6.45, 7) is 8.70. The second-order valence-corrected chi connectivity index (χ2v) is 14.8. The van der Waals surface area contributed by atoms with E-state index in [9.17, 15) is 18.0 Å². The molecule has 7 nitrogen and oxygen atoms in total. The quantitative estimate of drug-likeness (QED) is 0.122. The number of nitrogens with one attached hydrogen (secondary N) is 2. The van der Waals surface area contributed by atoms with Crippen molar-refractivity contribution in [3.8, 4) is 11.1 Å². The Morgan fingerprint density at radius 3 is 2.23 bits per heavy atom. The molecule has 0 unspecified atom stereocenters. The van der Waals surface area contributed by atoms with Crippen LogP contribution in [0, 0.1) is 13.8 Å². The van der Waals surface area contributed by atoms with Crippen molar-refractivity contribution >= 4 is 33.6 Å². The van der Waals surface area contributed by atoms with Gasteiger partial charge >= 0.3 is 0 Å². The van der Waals surface area contributed by atoms with Gasteiger partial charge in [-0.15, -0.1) is 0 Å². The maximum atomic E-state index is 14.0. The molecule has 0 aliphatic heterocycles. The van der Waals surface area contributed by atoms with Crippen molar-refractivity contribution in [1.29, 1.82) is 0 Å². The second-order valence-electron chi connectivity index (χ2n) is 12.2. The van der Waals surface area contributed by atoms with Crippen LogP contribution >= 0.6 is 11.8 Å². The molecule has 0 saturated carbocycles. The molecule has 254 valence electrons. The minimum Gasteiger partial charge on any atom is -0.340 e. The van der Waals surface area contributed by atoms with Crippen molar-refractivity contribution in [1.82, 2.24) is 14.9 Å². The van der Waals surface area contributed by atoms with E-state index in [0.717, 1.165) is 66.7 Å². The summed E-state index contributed by atoms with van der Waals surface area (Å²) in [5.41, 5.74) is 6.46. The lowest BCUT2D eigenvalue weighted by atomic mass is 9.93. The first-order chi connectivity index (χ1) is 23.1. The molecule has 4 aromatic rings. The highest BCUT2D eigenvalue weighted by Gasteiger charge is 2.27. The lowest BCUT2D eigenvalue weighted by Crippen LogP contribution is -2.48. The molecule has 0 radical (unpaired) electrons. The van der Waals surface area contributed by atoms with Gasteiger partial charge in [-0.2, -0.15) is 11.8 Å². The molecular formula is C39H47N3O4S2. The van der Waals surface area contributed by atoms with E-state index in [1.165, 1.54) is 29.5 Å². The van der Waals surface area contributed by atoms with Gasteiger partial charge in [0.15, 0.2) is 0 Å². The summed E-state index contributed by atoms with van der Waals surface area (Å²) in [5.74, 6) is -0.638. The fourth-order valence-corrected chi connectivity index (χ4v) is 7.04. The van der Waals surface area contributed by atoms with Crippen LogP contribution in [0.3, 0.4) is 0 Å². The number of aryl methyl sites for hydroxylation is 2. The van der Waals surface area contributed by atoms with Gasteiger partial charge in [0, 0.05) is 18.7 Å². The largest absolute Gasteiger partial charge is 0.340 e. The Morgan fingerprint density at radius 1 is 0.833 bits per heavy atom. The molecule has 0 aliphatic carbocycles. The number of nitrogens with zero attached hydrogens (tertiary/aromatic N) is 1. The predicted octanol–water partition coefficient (Wildman–Crippen LogP) is 7.17. The SMILES string of the molecule is CCCCN(CCc1ccccc1)Cc1ccc(C(=O)N[C@@H](CCSC)C(=O)NS(=O)(=O)c2ccc(C)cc2)c(-c2ccccc2C)c1. The Morgan fingerprint density at radius 2 is 1.54 bits per heavy atom. The standard InChI is InChI=1S/C39H47N3O4S2/c1-5-6-24-42(25-22-31-13-8-7-9-14-31)28-32-18-21-35(36(27-32)34-15-11-10-12-30(34)3)38(43)40-37(23-26-47-4)39(44)41-48(45,46)33-19-16-29(2)17-20-33/h7-21,27,37H,5-6,22-26,28H2,1-4H3,(H,40,43)(H,41,44)/t37-/m0/s1. The zero-order valence-electron chi connectivity index (χ0n) is 28.4. The third kappa shape index (κ3) is 10.5. The number of unbranched alkanes of at least 4 members (excludes halogenated alkanes) is 1. The zero-order valence-corrected chi connectivity index (χ0v) is 30.0. The van der Waals surface area contributed by atoms with Crippen molar-refractivity contribution in [2.24, 2.45) is 0 Å². The molecule has 48 heavy (non-hydrogen) atoms. The molecule has 2 N–H and O–H groups in total. The highest BCUT2D eigenvalue weighted by atomic mass is 32.2. The first-order valence-corrected chi connectivity index (χ1v) is 19.4. The number of rotatable bonds is 17. The summed E-state index contributed by atoms with van der Waals surface area (Å²) in [5, 5.41) is 2.87. The predicted molar refractivity (Wildman–Crippen MR) is 198 cm³/mol. The lowest BCUT2D eigenvalue weighted by Gasteiger charge is -2.24. The van der Waals surface area contributed by atoms with Crippen molar-refractivity contribution in [2.45, 2.75) is 63.9 Å². The van der Waals surface area contributed by atoms with Crippen LogP contribution in [0.2, 0.25) is 0 Å². The van der Waals surface area contributed by atoms with E-state index in [2.05, 4.69) is 52.2 Å². The summed E-state index contributed by atoms with van der Waals surface area (Å²) >= 11 is 1.52. The third-order valence-electron chi connectivity index (χ3n) is 8.36. The highest BCUT2D eigenvalue weighted by molar-refractivity contribution is 7.98. The molecular weight excluding hydrogens is 639 g/mol. The van der Waals surface area contributed by atoms with Crippen LogP contribution in [0.5, 0.6) is 0 Å². The average molecular weight is 686 g/mol. The number of carbonyl (C=O) groups is 2. The van der Waals surface area contributed by atoms with E-state index in [-0.39, 0.29) is 11.3 Å². The van der Waals surface area contributed by atoms with Crippen LogP contribution < -0.4 is 10.0 Å². The first kappa shape index (κ1) is 36.9. The number of sulfonamides is 1. The molecule has 2 amide bonds. The van der Waals surface area contributed by atoms with Gasteiger partial charge in [-0.3, -0.25) is 14.5 Å². The van der Waals surface area contributed by atoms with Crippen molar-refractivity contribution in [3.05, 3.63) is 125 Å². The number of amides is 2. The van der Waals surface area contributed by atoms with Crippen LogP contribution in [-0.2, 0) is 27.8 Å². The van der Waals surface area contributed by atoms with Gasteiger partial charge in [0.25, 0.3) is 21.8 Å². The van der Waals surface area contributed by atoms with Gasteiger partial charge in [0.05, 0.1) is 4.90 Å². The molecule has 1 atom stereocenters. The smallest absolute Gasteiger partial charge is 0.264 e. The molecule has 0 saturated heterocycles. The Kier molecular flexibility index (Phi) is 13.8. The Bertz CT molecular complexity index is 1760. The van der Waals surface area contributed by atoms with E-state index in [1.807, 2.05) is 62.6 Å². The zero-order chi connectivity index (χ0) is 34.5. The maximum Gasteiger partial charge on any atom is 0.264 e. The molecule has 0 bridgehead atoms. The normalized spacial score (nSPS) is 12.1. The highest BCUT2D eigenvalue weighted by Crippen LogP contribution is 2.29. The van der Waals surface area contributed by atoms with Gasteiger partial charge in [-0.1, -0.05) is 91.7 Å². The van der Waals surface area contributed by atoms with Gasteiger partial charge in [0.1, 0.15) is 6.04 Å². The number of benzene rings is 4. The average Bonchev–Trinajstić information content (AvgIpc) is 3.08. The number of hydrogen-bond acceptors (Lipinski definition) is 6. The van der Waals surface area contributed by atoms with E-state index in [4.69, 9.17) is 0 Å². The summed E-state index contributed by atoms with van der Waals surface area (Å²) < 4.78 is 28.2. The molecule has 4 rings (SSSR count). The molecule has 0 spiro atoms. The van der Waals surface area contributed by atoms with Crippen molar-refractivity contribution in [3.63, 3.8) is 0 Å². The number of carbonyl (C=O) groups excluding carboxylic acids is 2. The van der Waals surface area contributed by atoms with Gasteiger partial charge in [-0.05, 0) is 104 Å². The fourth-order valence-electron chi connectivity index (χ4n) is 5.55. The number of thioether (sulfide) groups is 1. The summed E-state index contributed by atoms with van der Waals surface area (Å²) in [6, 6.07) is 29.6. The minimum absolute atomic E-state index is 0.00873. The van der Waals surface area contributed by atoms with Crippen LogP contribution in [-0.4, -0.2) is 56.3 Å². The molecule has 0 heterocycles. The topological polar surface area (TPSA) is 95.6 Å². The minimum atomic E-state index is -4.11. The summed E-state index contributed by atoms with van der Waals surface area (Å²) in [7, 11) is -4.11. The van der Waals surface area contributed by atoms with Crippen LogP contribution in [0.1, 0.15) is 58.8 Å². The molecule has 9 heteroatoms. The van der Waals surface area contributed by atoms with Crippen LogP contribution in [0.15, 0.2) is 102 Å². The fraction of sp³-hybridized carbons (Fsp3) is 0.333. The van der Waals surface area contributed by atoms with E-state index in [1.54, 1.807) is 12.1 Å². The van der Waals surface area contributed by atoms with E-state index >= 15 is 0 Å². The number of hydrogen-bond donors (Lipinski definition) is 2.